The van der Waals surface area contributed by atoms with Gasteiger partial charge in [0.1, 0.15) is 23.1 Å². The Morgan fingerprint density at radius 3 is 2.45 bits per heavy atom. The molecule has 1 aromatic rings. The minimum Gasteiger partial charge on any atom is -0.469 e. The fourth-order valence-corrected chi connectivity index (χ4v) is 3.33. The molecule has 1 aliphatic rings. The third-order valence-electron chi connectivity index (χ3n) is 4.01. The van der Waals surface area contributed by atoms with Crippen LogP contribution in [0, 0.1) is 11.8 Å². The van der Waals surface area contributed by atoms with Crippen LogP contribution in [0.3, 0.4) is 0 Å². The molecule has 5 nitrogen and oxygen atoms in total. The van der Waals surface area contributed by atoms with Gasteiger partial charge in [-0.05, 0) is 32.9 Å². The number of aliphatic hydroxyl groups is 1. The van der Waals surface area contributed by atoms with Gasteiger partial charge in [-0.15, -0.1) is 0 Å². The third-order valence-corrected chi connectivity index (χ3v) is 4.01. The summed E-state index contributed by atoms with van der Waals surface area (Å²) in [5.41, 5.74) is -1.47. The van der Waals surface area contributed by atoms with E-state index in [1.165, 1.54) is 27.0 Å². The van der Waals surface area contributed by atoms with Crippen molar-refractivity contribution in [1.82, 2.24) is 0 Å². The predicted octanol–water partition coefficient (Wildman–Crippen LogP) is 1.50. The average molecular weight is 278 g/mol. The van der Waals surface area contributed by atoms with Crippen molar-refractivity contribution in [2.45, 2.75) is 38.7 Å². The minimum absolute atomic E-state index is 0.196. The monoisotopic (exact) mass is 278 g/mol. The van der Waals surface area contributed by atoms with Crippen LogP contribution in [-0.4, -0.2) is 28.1 Å². The number of Topliss-reactive ketones (excluding diaryl/α,β-unsaturated/α-hetero) is 3. The van der Waals surface area contributed by atoms with Crippen molar-refractivity contribution in [3.63, 3.8) is 0 Å². The maximum absolute atomic E-state index is 12.2. The van der Waals surface area contributed by atoms with Crippen molar-refractivity contribution in [3.8, 4) is 0 Å². The SMILES string of the molecule is CC(=O)[C@H]1C(=O)C[C@](C)(O)[C@@H](C(C)=O)[C@@H]1c1ccco1. The molecule has 0 aliphatic heterocycles. The van der Waals surface area contributed by atoms with Gasteiger partial charge in [0.15, 0.2) is 0 Å². The Hall–Kier alpha value is -1.75. The van der Waals surface area contributed by atoms with Gasteiger partial charge in [-0.25, -0.2) is 0 Å². The number of carbonyl (C=O) groups is 3. The first kappa shape index (κ1) is 14.7. The zero-order chi connectivity index (χ0) is 15.1. The van der Waals surface area contributed by atoms with Crippen LogP contribution in [0.25, 0.3) is 0 Å². The van der Waals surface area contributed by atoms with Crippen LogP contribution in [0.15, 0.2) is 22.8 Å². The number of hydrogen-bond acceptors (Lipinski definition) is 5. The molecule has 2 rings (SSSR count). The Morgan fingerprint density at radius 2 is 2.00 bits per heavy atom. The molecule has 0 aromatic carbocycles. The molecule has 4 atom stereocenters. The van der Waals surface area contributed by atoms with E-state index in [4.69, 9.17) is 4.42 Å². The zero-order valence-corrected chi connectivity index (χ0v) is 11.8. The summed E-state index contributed by atoms with van der Waals surface area (Å²) in [6.45, 7) is 4.15. The third kappa shape index (κ3) is 2.33. The number of hydrogen-bond donors (Lipinski definition) is 1. The van der Waals surface area contributed by atoms with E-state index in [-0.39, 0.29) is 23.8 Å². The first-order valence-electron chi connectivity index (χ1n) is 6.55. The molecule has 1 N–H and O–H groups in total. The van der Waals surface area contributed by atoms with E-state index in [1.54, 1.807) is 12.1 Å². The minimum atomic E-state index is -1.47. The Labute approximate surface area is 117 Å². The Kier molecular flexibility index (Phi) is 3.65. The summed E-state index contributed by atoms with van der Waals surface area (Å²) in [5, 5.41) is 10.4. The predicted molar refractivity (Wildman–Crippen MR) is 70.0 cm³/mol. The molecule has 108 valence electrons. The van der Waals surface area contributed by atoms with Crippen molar-refractivity contribution in [2.75, 3.05) is 0 Å². The average Bonchev–Trinajstić information content (AvgIpc) is 2.77. The van der Waals surface area contributed by atoms with Crippen LogP contribution in [-0.2, 0) is 14.4 Å². The van der Waals surface area contributed by atoms with Crippen LogP contribution in [0.1, 0.15) is 38.9 Å². The summed E-state index contributed by atoms with van der Waals surface area (Å²) in [7, 11) is 0. The maximum Gasteiger partial charge on any atom is 0.146 e. The molecule has 0 bridgehead atoms. The second-order valence-electron chi connectivity index (χ2n) is 5.72. The van der Waals surface area contributed by atoms with E-state index < -0.39 is 23.4 Å². The summed E-state index contributed by atoms with van der Waals surface area (Å²) in [6, 6.07) is 3.27. The Balaban J connectivity index is 2.58. The van der Waals surface area contributed by atoms with Crippen LogP contribution < -0.4 is 0 Å². The number of carbonyl (C=O) groups excluding carboxylic acids is 3. The number of furan rings is 1. The normalized spacial score (nSPS) is 34.0. The zero-order valence-electron chi connectivity index (χ0n) is 11.8. The highest BCUT2D eigenvalue weighted by atomic mass is 16.3. The van der Waals surface area contributed by atoms with E-state index >= 15 is 0 Å². The van der Waals surface area contributed by atoms with Gasteiger partial charge in [0.25, 0.3) is 0 Å². The second-order valence-corrected chi connectivity index (χ2v) is 5.72. The van der Waals surface area contributed by atoms with E-state index in [9.17, 15) is 19.5 Å². The van der Waals surface area contributed by atoms with Gasteiger partial charge in [0.05, 0.1) is 23.7 Å². The summed E-state index contributed by atoms with van der Waals surface area (Å²) >= 11 is 0. The molecule has 0 amide bonds. The van der Waals surface area contributed by atoms with Crippen molar-refractivity contribution in [3.05, 3.63) is 24.2 Å². The van der Waals surface area contributed by atoms with Crippen molar-refractivity contribution >= 4 is 17.3 Å². The highest BCUT2D eigenvalue weighted by molar-refractivity contribution is 6.04. The molecule has 0 saturated heterocycles. The number of rotatable bonds is 3. The lowest BCUT2D eigenvalue weighted by atomic mass is 9.61. The maximum atomic E-state index is 12.2. The van der Waals surface area contributed by atoms with Gasteiger partial charge in [-0.2, -0.15) is 0 Å². The van der Waals surface area contributed by atoms with E-state index in [0.717, 1.165) is 0 Å². The molecule has 0 unspecified atom stereocenters. The molecule has 20 heavy (non-hydrogen) atoms. The Morgan fingerprint density at radius 1 is 1.35 bits per heavy atom. The quantitative estimate of drug-likeness (QED) is 0.847. The van der Waals surface area contributed by atoms with Crippen molar-refractivity contribution < 1.29 is 23.9 Å². The lowest BCUT2D eigenvalue weighted by Gasteiger charge is -2.43. The highest BCUT2D eigenvalue weighted by Gasteiger charge is 2.54. The van der Waals surface area contributed by atoms with Gasteiger partial charge in [0.2, 0.25) is 0 Å². The molecule has 1 saturated carbocycles. The molecule has 1 aliphatic carbocycles. The summed E-state index contributed by atoms with van der Waals surface area (Å²) in [6.07, 6.45) is 1.23. The van der Waals surface area contributed by atoms with Crippen molar-refractivity contribution in [1.29, 1.82) is 0 Å². The van der Waals surface area contributed by atoms with Gasteiger partial charge in [-0.3, -0.25) is 14.4 Å². The lowest BCUT2D eigenvalue weighted by molar-refractivity contribution is -0.152. The van der Waals surface area contributed by atoms with E-state index in [2.05, 4.69) is 0 Å². The van der Waals surface area contributed by atoms with E-state index in [1.807, 2.05) is 0 Å². The standard InChI is InChI=1S/C15H18O5/c1-8(16)12-10(18)7-15(3,19)14(9(2)17)13(12)11-5-4-6-20-11/h4-6,12-14,19H,7H2,1-3H3/t12-,13+,14-,15-/m0/s1. The van der Waals surface area contributed by atoms with Crippen LogP contribution in [0.4, 0.5) is 0 Å². The first-order chi connectivity index (χ1) is 9.25. The molecule has 0 radical (unpaired) electrons. The smallest absolute Gasteiger partial charge is 0.146 e. The molecular formula is C15H18O5. The van der Waals surface area contributed by atoms with E-state index in [0.29, 0.717) is 5.76 Å². The van der Waals surface area contributed by atoms with Crippen LogP contribution >= 0.6 is 0 Å². The summed E-state index contributed by atoms with van der Waals surface area (Å²) < 4.78 is 5.31. The fraction of sp³-hybridized carbons (Fsp3) is 0.533. The summed E-state index contributed by atoms with van der Waals surface area (Å²) in [4.78, 5) is 36.0. The molecule has 0 spiro atoms. The molecular weight excluding hydrogens is 260 g/mol. The molecule has 1 fully saturated rings. The fourth-order valence-electron chi connectivity index (χ4n) is 3.33. The van der Waals surface area contributed by atoms with Crippen LogP contribution in [0.5, 0.6) is 0 Å². The Bertz CT molecular complexity index is 541. The first-order valence-corrected chi connectivity index (χ1v) is 6.55. The topological polar surface area (TPSA) is 84.6 Å². The van der Waals surface area contributed by atoms with Crippen molar-refractivity contribution in [2.24, 2.45) is 11.8 Å². The molecule has 5 heteroatoms. The summed E-state index contributed by atoms with van der Waals surface area (Å²) in [5.74, 6) is -3.03. The van der Waals surface area contributed by atoms with Gasteiger partial charge in [0, 0.05) is 12.3 Å². The lowest BCUT2D eigenvalue weighted by Crippen LogP contribution is -2.53. The second kappa shape index (κ2) is 4.98. The van der Waals surface area contributed by atoms with Gasteiger partial charge in [-0.1, -0.05) is 0 Å². The van der Waals surface area contributed by atoms with Gasteiger partial charge >= 0.3 is 0 Å². The van der Waals surface area contributed by atoms with Crippen LogP contribution in [0.2, 0.25) is 0 Å². The number of ketones is 3. The highest BCUT2D eigenvalue weighted by Crippen LogP contribution is 2.46. The largest absolute Gasteiger partial charge is 0.469 e. The molecule has 1 heterocycles. The van der Waals surface area contributed by atoms with Gasteiger partial charge < -0.3 is 9.52 Å². The molecule has 1 aromatic heterocycles.